The minimum atomic E-state index is -0.116. The lowest BCUT2D eigenvalue weighted by atomic mass is 10.2. The Balaban J connectivity index is 1.41. The van der Waals surface area contributed by atoms with Gasteiger partial charge in [-0.15, -0.1) is 0 Å². The van der Waals surface area contributed by atoms with Gasteiger partial charge in [-0.1, -0.05) is 30.3 Å². The number of fused-ring (bicyclic) bond motifs is 1. The molecule has 1 N–H and O–H groups in total. The third-order valence-electron chi connectivity index (χ3n) is 4.42. The van der Waals surface area contributed by atoms with E-state index in [0.717, 1.165) is 28.4 Å². The van der Waals surface area contributed by atoms with Crippen molar-refractivity contribution in [3.8, 4) is 11.5 Å². The van der Waals surface area contributed by atoms with E-state index in [-0.39, 0.29) is 5.91 Å². The van der Waals surface area contributed by atoms with Crippen LogP contribution in [0.15, 0.2) is 66.9 Å². The summed E-state index contributed by atoms with van der Waals surface area (Å²) in [5, 5.41) is 3.27. The molecule has 1 aromatic heterocycles. The number of carbonyl (C=O) groups is 1. The van der Waals surface area contributed by atoms with Crippen molar-refractivity contribution in [2.45, 2.75) is 6.54 Å². The van der Waals surface area contributed by atoms with Crippen molar-refractivity contribution in [3.05, 3.63) is 78.1 Å². The summed E-state index contributed by atoms with van der Waals surface area (Å²) in [4.78, 5) is 18.6. The normalized spacial score (nSPS) is 12.3. The van der Waals surface area contributed by atoms with Crippen LogP contribution in [-0.2, 0) is 6.54 Å². The van der Waals surface area contributed by atoms with Crippen molar-refractivity contribution < 1.29 is 14.3 Å². The van der Waals surface area contributed by atoms with E-state index in [2.05, 4.69) is 10.3 Å². The van der Waals surface area contributed by atoms with Gasteiger partial charge in [-0.05, 0) is 29.8 Å². The number of nitrogens with zero attached hydrogens (tertiary/aromatic N) is 2. The highest BCUT2D eigenvalue weighted by atomic mass is 16.6. The minimum absolute atomic E-state index is 0.116. The van der Waals surface area contributed by atoms with Crippen molar-refractivity contribution in [2.75, 3.05) is 25.6 Å². The predicted molar refractivity (Wildman–Crippen MR) is 107 cm³/mol. The Morgan fingerprint density at radius 2 is 1.75 bits per heavy atom. The summed E-state index contributed by atoms with van der Waals surface area (Å²) >= 11 is 0. The van der Waals surface area contributed by atoms with Crippen LogP contribution in [0.25, 0.3) is 0 Å². The van der Waals surface area contributed by atoms with Crippen LogP contribution in [0.5, 0.6) is 11.5 Å². The second kappa shape index (κ2) is 8.00. The Morgan fingerprint density at radius 1 is 1.00 bits per heavy atom. The van der Waals surface area contributed by atoms with E-state index in [1.54, 1.807) is 24.2 Å². The van der Waals surface area contributed by atoms with Crippen LogP contribution >= 0.6 is 0 Å². The zero-order chi connectivity index (χ0) is 19.3. The lowest BCUT2D eigenvalue weighted by Crippen LogP contribution is -2.26. The summed E-state index contributed by atoms with van der Waals surface area (Å²) < 4.78 is 11.1. The molecule has 0 saturated carbocycles. The fraction of sp³-hybridized carbons (Fsp3) is 0.182. The smallest absolute Gasteiger partial charge is 0.272 e. The molecule has 142 valence electrons. The van der Waals surface area contributed by atoms with Gasteiger partial charge in [0.2, 0.25) is 0 Å². The monoisotopic (exact) mass is 375 g/mol. The fourth-order valence-electron chi connectivity index (χ4n) is 3.01. The second-order valence-electron chi connectivity index (χ2n) is 6.56. The molecule has 0 atom stereocenters. The molecular formula is C22H21N3O3. The average Bonchev–Trinajstić information content (AvgIpc) is 2.74. The molecule has 0 radical (unpaired) electrons. The van der Waals surface area contributed by atoms with Gasteiger partial charge < -0.3 is 19.7 Å². The topological polar surface area (TPSA) is 63.7 Å². The highest BCUT2D eigenvalue weighted by molar-refractivity contribution is 5.92. The zero-order valence-electron chi connectivity index (χ0n) is 15.6. The molecule has 1 aliphatic rings. The fourth-order valence-corrected chi connectivity index (χ4v) is 3.01. The molecule has 0 fully saturated rings. The van der Waals surface area contributed by atoms with Crippen molar-refractivity contribution >= 4 is 17.3 Å². The summed E-state index contributed by atoms with van der Waals surface area (Å²) in [5.74, 6) is 1.35. The first kappa shape index (κ1) is 17.9. The maximum atomic E-state index is 12.6. The van der Waals surface area contributed by atoms with Gasteiger partial charge in [-0.3, -0.25) is 4.79 Å². The van der Waals surface area contributed by atoms with Crippen molar-refractivity contribution in [3.63, 3.8) is 0 Å². The molecule has 4 rings (SSSR count). The van der Waals surface area contributed by atoms with Crippen LogP contribution < -0.4 is 14.8 Å². The van der Waals surface area contributed by atoms with E-state index in [4.69, 9.17) is 9.47 Å². The Bertz CT molecular complexity index is 959. The van der Waals surface area contributed by atoms with Crippen molar-refractivity contribution in [2.24, 2.45) is 0 Å². The molecule has 2 heterocycles. The van der Waals surface area contributed by atoms with Gasteiger partial charge in [-0.25, -0.2) is 4.98 Å². The third-order valence-corrected chi connectivity index (χ3v) is 4.42. The van der Waals surface area contributed by atoms with Crippen LogP contribution in [-0.4, -0.2) is 36.1 Å². The molecule has 1 amide bonds. The minimum Gasteiger partial charge on any atom is -0.486 e. The molecule has 0 aliphatic carbocycles. The molecule has 0 spiro atoms. The van der Waals surface area contributed by atoms with E-state index < -0.39 is 0 Å². The van der Waals surface area contributed by atoms with Crippen molar-refractivity contribution in [1.82, 2.24) is 9.88 Å². The Hall–Kier alpha value is -3.54. The molecular weight excluding hydrogens is 354 g/mol. The number of anilines is 2. The number of rotatable bonds is 5. The lowest BCUT2D eigenvalue weighted by Gasteiger charge is -2.19. The molecule has 28 heavy (non-hydrogen) atoms. The number of carbonyl (C=O) groups excluding carboxylic acids is 1. The highest BCUT2D eigenvalue weighted by Crippen LogP contribution is 2.33. The first-order valence-corrected chi connectivity index (χ1v) is 9.11. The molecule has 0 bridgehead atoms. The first-order chi connectivity index (χ1) is 13.7. The summed E-state index contributed by atoms with van der Waals surface area (Å²) in [6.07, 6.45) is 1.65. The van der Waals surface area contributed by atoms with E-state index >= 15 is 0 Å². The maximum absolute atomic E-state index is 12.6. The highest BCUT2D eigenvalue weighted by Gasteiger charge is 2.14. The first-order valence-electron chi connectivity index (χ1n) is 9.11. The molecule has 1 aliphatic heterocycles. The van der Waals surface area contributed by atoms with Gasteiger partial charge in [0.05, 0.1) is 11.9 Å². The van der Waals surface area contributed by atoms with E-state index in [1.165, 1.54) is 0 Å². The van der Waals surface area contributed by atoms with Crippen LogP contribution in [0.2, 0.25) is 0 Å². The van der Waals surface area contributed by atoms with Gasteiger partial charge in [0.25, 0.3) is 5.91 Å². The standard InChI is InChI=1S/C22H21N3O3/c1-25(15-16-5-3-2-4-6-16)22(26)19-9-7-18(14-23-19)24-17-8-10-20-21(13-17)28-12-11-27-20/h2-10,13-14,24H,11-12,15H2,1H3. The van der Waals surface area contributed by atoms with Gasteiger partial charge >= 0.3 is 0 Å². The van der Waals surface area contributed by atoms with Crippen LogP contribution in [0, 0.1) is 0 Å². The van der Waals surface area contributed by atoms with Crippen LogP contribution in [0.3, 0.4) is 0 Å². The van der Waals surface area contributed by atoms with Gasteiger partial charge in [0.15, 0.2) is 11.5 Å². The molecule has 3 aromatic rings. The quantitative estimate of drug-likeness (QED) is 0.733. The number of aromatic nitrogens is 1. The Kier molecular flexibility index (Phi) is 5.10. The number of amides is 1. The largest absolute Gasteiger partial charge is 0.486 e. The number of hydrogen-bond acceptors (Lipinski definition) is 5. The molecule has 6 heteroatoms. The van der Waals surface area contributed by atoms with Gasteiger partial charge in [0.1, 0.15) is 18.9 Å². The van der Waals surface area contributed by atoms with Gasteiger partial charge in [-0.2, -0.15) is 0 Å². The van der Waals surface area contributed by atoms with Crippen molar-refractivity contribution in [1.29, 1.82) is 0 Å². The van der Waals surface area contributed by atoms with E-state index in [1.807, 2.05) is 54.6 Å². The average molecular weight is 375 g/mol. The van der Waals surface area contributed by atoms with Gasteiger partial charge in [0, 0.05) is 25.3 Å². The van der Waals surface area contributed by atoms with Crippen LogP contribution in [0.1, 0.15) is 16.1 Å². The summed E-state index contributed by atoms with van der Waals surface area (Å²) in [5.41, 5.74) is 3.15. The molecule has 0 unspecified atom stereocenters. The summed E-state index contributed by atoms with van der Waals surface area (Å²) in [7, 11) is 1.78. The second-order valence-corrected chi connectivity index (χ2v) is 6.56. The zero-order valence-corrected chi connectivity index (χ0v) is 15.6. The lowest BCUT2D eigenvalue weighted by molar-refractivity contribution is 0.0779. The molecule has 2 aromatic carbocycles. The Morgan fingerprint density at radius 3 is 2.50 bits per heavy atom. The molecule has 6 nitrogen and oxygen atoms in total. The van der Waals surface area contributed by atoms with Crippen LogP contribution in [0.4, 0.5) is 11.4 Å². The predicted octanol–water partition coefficient (Wildman–Crippen LogP) is 3.87. The summed E-state index contributed by atoms with van der Waals surface area (Å²) in [6.45, 7) is 1.65. The number of pyridine rings is 1. The third kappa shape index (κ3) is 4.06. The van der Waals surface area contributed by atoms with E-state index in [0.29, 0.717) is 25.5 Å². The SMILES string of the molecule is CN(Cc1ccccc1)C(=O)c1ccc(Nc2ccc3c(c2)OCCO3)cn1. The number of benzene rings is 2. The number of ether oxygens (including phenoxy) is 2. The maximum Gasteiger partial charge on any atom is 0.272 e. The Labute approximate surface area is 163 Å². The summed E-state index contributed by atoms with van der Waals surface area (Å²) in [6, 6.07) is 19.1. The number of hydrogen-bond donors (Lipinski definition) is 1. The molecule has 0 saturated heterocycles. The number of nitrogens with one attached hydrogen (secondary N) is 1. The van der Waals surface area contributed by atoms with E-state index in [9.17, 15) is 4.79 Å².